The van der Waals surface area contributed by atoms with Gasteiger partial charge < -0.3 is 10.6 Å². The van der Waals surface area contributed by atoms with Crippen LogP contribution < -0.4 is 5.73 Å². The molecule has 3 aromatic rings. The van der Waals surface area contributed by atoms with Crippen LogP contribution in [0.1, 0.15) is 23.1 Å². The topological polar surface area (TPSA) is 63.4 Å². The normalized spacial score (nSPS) is 18.5. The van der Waals surface area contributed by atoms with Crippen LogP contribution in [0.3, 0.4) is 0 Å². The summed E-state index contributed by atoms with van der Waals surface area (Å²) in [7, 11) is 0. The largest absolute Gasteiger partial charge is 0.369 e. The molecule has 154 valence electrons. The second-order valence-electron chi connectivity index (χ2n) is 8.23. The van der Waals surface area contributed by atoms with E-state index in [1.165, 1.54) is 10.4 Å². The highest BCUT2D eigenvalue weighted by atomic mass is 32.1. The Balaban J connectivity index is 1.46. The zero-order chi connectivity index (χ0) is 21.1. The molecule has 30 heavy (non-hydrogen) atoms. The SMILES string of the molecule is Cc1cccc(CC(=O)N2CC[C@@](Cc3ccc(-c4cccs4)cc3)(C(N)=O)C2)c1. The summed E-state index contributed by atoms with van der Waals surface area (Å²) < 4.78 is 0. The monoisotopic (exact) mass is 418 g/mol. The molecule has 0 aliphatic carbocycles. The van der Waals surface area contributed by atoms with Crippen LogP contribution in [-0.2, 0) is 22.4 Å². The Bertz CT molecular complexity index is 1040. The number of carbonyl (C=O) groups excluding carboxylic acids is 2. The van der Waals surface area contributed by atoms with Crippen LogP contribution >= 0.6 is 11.3 Å². The molecule has 1 aliphatic heterocycles. The lowest BCUT2D eigenvalue weighted by Crippen LogP contribution is -2.42. The summed E-state index contributed by atoms with van der Waals surface area (Å²) in [6.07, 6.45) is 1.52. The van der Waals surface area contributed by atoms with Gasteiger partial charge in [-0.15, -0.1) is 11.3 Å². The van der Waals surface area contributed by atoms with Crippen LogP contribution in [0.4, 0.5) is 0 Å². The highest BCUT2D eigenvalue weighted by molar-refractivity contribution is 7.13. The lowest BCUT2D eigenvalue weighted by molar-refractivity contribution is -0.131. The molecule has 4 nitrogen and oxygen atoms in total. The molecule has 2 N–H and O–H groups in total. The Morgan fingerprint density at radius 1 is 1.07 bits per heavy atom. The van der Waals surface area contributed by atoms with Crippen molar-refractivity contribution in [3.8, 4) is 10.4 Å². The number of primary amides is 1. The highest BCUT2D eigenvalue weighted by Gasteiger charge is 2.44. The number of hydrogen-bond donors (Lipinski definition) is 1. The minimum Gasteiger partial charge on any atom is -0.369 e. The third kappa shape index (κ3) is 4.31. The fraction of sp³-hybridized carbons (Fsp3) is 0.280. The number of aryl methyl sites for hydroxylation is 1. The number of amides is 2. The minimum atomic E-state index is -0.702. The van der Waals surface area contributed by atoms with Crippen molar-refractivity contribution in [2.45, 2.75) is 26.2 Å². The molecule has 1 aromatic heterocycles. The third-order valence-corrected chi connectivity index (χ3v) is 6.89. The highest BCUT2D eigenvalue weighted by Crippen LogP contribution is 2.35. The van der Waals surface area contributed by atoms with Gasteiger partial charge in [0, 0.05) is 18.0 Å². The van der Waals surface area contributed by atoms with Crippen molar-refractivity contribution in [2.24, 2.45) is 11.1 Å². The molecule has 0 saturated carbocycles. The van der Waals surface area contributed by atoms with Crippen molar-refractivity contribution in [3.05, 3.63) is 82.7 Å². The third-order valence-electron chi connectivity index (χ3n) is 5.97. The fourth-order valence-electron chi connectivity index (χ4n) is 4.25. The number of thiophene rings is 1. The van der Waals surface area contributed by atoms with Gasteiger partial charge in [-0.2, -0.15) is 0 Å². The van der Waals surface area contributed by atoms with Gasteiger partial charge in [0.1, 0.15) is 0 Å². The Morgan fingerprint density at radius 2 is 1.87 bits per heavy atom. The van der Waals surface area contributed by atoms with Crippen molar-refractivity contribution in [1.29, 1.82) is 0 Å². The zero-order valence-electron chi connectivity index (χ0n) is 17.1. The van der Waals surface area contributed by atoms with Crippen molar-refractivity contribution in [3.63, 3.8) is 0 Å². The maximum atomic E-state index is 12.8. The van der Waals surface area contributed by atoms with E-state index in [2.05, 4.69) is 35.7 Å². The first-order chi connectivity index (χ1) is 14.4. The number of rotatable bonds is 6. The Kier molecular flexibility index (Phi) is 5.73. The van der Waals surface area contributed by atoms with Gasteiger partial charge >= 0.3 is 0 Å². The zero-order valence-corrected chi connectivity index (χ0v) is 18.0. The van der Waals surface area contributed by atoms with Crippen LogP contribution in [0.5, 0.6) is 0 Å². The number of carbonyl (C=O) groups is 2. The lowest BCUT2D eigenvalue weighted by atomic mass is 9.80. The first-order valence-corrected chi connectivity index (χ1v) is 11.1. The van der Waals surface area contributed by atoms with E-state index in [1.54, 1.807) is 16.2 Å². The summed E-state index contributed by atoms with van der Waals surface area (Å²) in [5, 5.41) is 2.06. The van der Waals surface area contributed by atoms with Gasteiger partial charge in [-0.25, -0.2) is 0 Å². The first-order valence-electron chi connectivity index (χ1n) is 10.2. The number of benzene rings is 2. The summed E-state index contributed by atoms with van der Waals surface area (Å²) in [6.45, 7) is 2.98. The van der Waals surface area contributed by atoms with Crippen molar-refractivity contribution >= 4 is 23.2 Å². The number of nitrogens with zero attached hydrogens (tertiary/aromatic N) is 1. The second-order valence-corrected chi connectivity index (χ2v) is 9.17. The van der Waals surface area contributed by atoms with Gasteiger partial charge in [-0.05, 0) is 47.9 Å². The Hall–Kier alpha value is -2.92. The van der Waals surface area contributed by atoms with Crippen LogP contribution in [-0.4, -0.2) is 29.8 Å². The molecule has 5 heteroatoms. The van der Waals surface area contributed by atoms with Crippen molar-refractivity contribution in [1.82, 2.24) is 4.90 Å². The van der Waals surface area contributed by atoms with E-state index in [9.17, 15) is 9.59 Å². The molecule has 4 rings (SSSR count). The van der Waals surface area contributed by atoms with Crippen molar-refractivity contribution < 1.29 is 9.59 Å². The number of nitrogens with two attached hydrogens (primary N) is 1. The van der Waals surface area contributed by atoms with E-state index in [0.29, 0.717) is 32.4 Å². The van der Waals surface area contributed by atoms with E-state index in [4.69, 9.17) is 5.73 Å². The second kappa shape index (κ2) is 8.44. The van der Waals surface area contributed by atoms with Gasteiger partial charge in [0.15, 0.2) is 0 Å². The molecular weight excluding hydrogens is 392 g/mol. The van der Waals surface area contributed by atoms with Crippen LogP contribution in [0.2, 0.25) is 0 Å². The van der Waals surface area contributed by atoms with E-state index in [1.807, 2.05) is 37.3 Å². The number of hydrogen-bond acceptors (Lipinski definition) is 3. The minimum absolute atomic E-state index is 0.0526. The maximum Gasteiger partial charge on any atom is 0.227 e. The molecule has 0 bridgehead atoms. The predicted octanol–water partition coefficient (Wildman–Crippen LogP) is 4.21. The lowest BCUT2D eigenvalue weighted by Gasteiger charge is -2.26. The van der Waals surface area contributed by atoms with Crippen LogP contribution in [0.15, 0.2) is 66.0 Å². The van der Waals surface area contributed by atoms with Gasteiger partial charge in [0.25, 0.3) is 0 Å². The standard InChI is InChI=1S/C25H26N2O2S/c1-18-4-2-5-20(14-18)15-23(28)27-12-11-25(17-27,24(26)29)16-19-7-9-21(10-8-19)22-6-3-13-30-22/h2-10,13-14H,11-12,15-17H2,1H3,(H2,26,29)/t25-/m0/s1. The Morgan fingerprint density at radius 3 is 2.53 bits per heavy atom. The molecule has 1 atom stereocenters. The van der Waals surface area contributed by atoms with E-state index < -0.39 is 5.41 Å². The van der Waals surface area contributed by atoms with E-state index in [0.717, 1.165) is 16.7 Å². The summed E-state index contributed by atoms with van der Waals surface area (Å²) in [5.74, 6) is -0.271. The molecule has 1 fully saturated rings. The molecule has 2 heterocycles. The summed E-state index contributed by atoms with van der Waals surface area (Å²) in [6, 6.07) is 20.4. The summed E-state index contributed by atoms with van der Waals surface area (Å²) >= 11 is 1.71. The predicted molar refractivity (Wildman–Crippen MR) is 121 cm³/mol. The molecule has 0 radical (unpaired) electrons. The van der Waals surface area contributed by atoms with E-state index >= 15 is 0 Å². The van der Waals surface area contributed by atoms with Gasteiger partial charge in [-0.1, -0.05) is 60.2 Å². The van der Waals surface area contributed by atoms with Gasteiger partial charge in [-0.3, -0.25) is 9.59 Å². The Labute approximate surface area is 181 Å². The molecule has 0 unspecified atom stereocenters. The van der Waals surface area contributed by atoms with Gasteiger partial charge in [0.2, 0.25) is 11.8 Å². The number of likely N-dealkylation sites (tertiary alicyclic amines) is 1. The van der Waals surface area contributed by atoms with E-state index in [-0.39, 0.29) is 11.8 Å². The molecular formula is C25H26N2O2S. The van der Waals surface area contributed by atoms with Crippen LogP contribution in [0, 0.1) is 12.3 Å². The average Bonchev–Trinajstić information content (AvgIpc) is 3.40. The fourth-order valence-corrected chi connectivity index (χ4v) is 4.98. The van der Waals surface area contributed by atoms with Crippen LogP contribution in [0.25, 0.3) is 10.4 Å². The van der Waals surface area contributed by atoms with Crippen molar-refractivity contribution in [2.75, 3.05) is 13.1 Å². The first kappa shape index (κ1) is 20.4. The molecule has 2 amide bonds. The molecule has 1 saturated heterocycles. The molecule has 2 aromatic carbocycles. The quantitative estimate of drug-likeness (QED) is 0.652. The summed E-state index contributed by atoms with van der Waals surface area (Å²) in [5.41, 5.74) is 9.53. The maximum absolute atomic E-state index is 12.8. The molecule has 1 aliphatic rings. The molecule has 0 spiro atoms. The summed E-state index contributed by atoms with van der Waals surface area (Å²) in [4.78, 5) is 28.3. The smallest absolute Gasteiger partial charge is 0.227 e. The van der Waals surface area contributed by atoms with Gasteiger partial charge in [0.05, 0.1) is 11.8 Å². The average molecular weight is 419 g/mol.